The van der Waals surface area contributed by atoms with Crippen LogP contribution in [0.1, 0.15) is 54.7 Å². The highest BCUT2D eigenvalue weighted by atomic mass is 16.5. The number of imide groups is 1. The number of nitrogens with zero attached hydrogens (tertiary/aromatic N) is 1. The maximum atomic E-state index is 12.9. The molecule has 0 atom stereocenters. The molecule has 0 radical (unpaired) electrons. The highest BCUT2D eigenvalue weighted by molar-refractivity contribution is 6.22. The molecule has 0 saturated carbocycles. The number of nitrogens with one attached hydrogen (secondary N) is 1. The van der Waals surface area contributed by atoms with E-state index in [1.165, 1.54) is 11.0 Å². The lowest BCUT2D eigenvalue weighted by Crippen LogP contribution is -2.29. The molecule has 0 fully saturated rings. The second-order valence-electron chi connectivity index (χ2n) is 7.53. The van der Waals surface area contributed by atoms with E-state index in [0.717, 1.165) is 16.7 Å². The SMILES string of the molecule is CCOCc1ccccc1CNC(=O)c1ccc2c(c1)C(=O)N(Cc1ccccc1)C2=O. The molecular formula is C26H24N2O4. The Labute approximate surface area is 186 Å². The molecule has 32 heavy (non-hydrogen) atoms. The number of ether oxygens (including phenoxy) is 1. The predicted octanol–water partition coefficient (Wildman–Crippen LogP) is 3.95. The van der Waals surface area contributed by atoms with Crippen molar-refractivity contribution >= 4 is 17.7 Å². The maximum Gasteiger partial charge on any atom is 0.261 e. The van der Waals surface area contributed by atoms with E-state index in [0.29, 0.717) is 30.9 Å². The lowest BCUT2D eigenvalue weighted by atomic mass is 10.0. The first-order valence-electron chi connectivity index (χ1n) is 10.6. The van der Waals surface area contributed by atoms with Crippen LogP contribution in [0.3, 0.4) is 0 Å². The summed E-state index contributed by atoms with van der Waals surface area (Å²) in [4.78, 5) is 39.6. The molecule has 0 unspecified atom stereocenters. The van der Waals surface area contributed by atoms with Crippen LogP contribution in [0.15, 0.2) is 72.8 Å². The summed E-state index contributed by atoms with van der Waals surface area (Å²) >= 11 is 0. The third kappa shape index (κ3) is 4.45. The molecule has 162 valence electrons. The molecule has 0 spiro atoms. The van der Waals surface area contributed by atoms with Crippen LogP contribution in [0.25, 0.3) is 0 Å². The fraction of sp³-hybridized carbons (Fsp3) is 0.192. The summed E-state index contributed by atoms with van der Waals surface area (Å²) in [6.07, 6.45) is 0. The largest absolute Gasteiger partial charge is 0.377 e. The van der Waals surface area contributed by atoms with E-state index in [1.54, 1.807) is 12.1 Å². The Balaban J connectivity index is 1.47. The highest BCUT2D eigenvalue weighted by Crippen LogP contribution is 2.25. The van der Waals surface area contributed by atoms with Gasteiger partial charge in [0.15, 0.2) is 0 Å². The molecule has 0 bridgehead atoms. The smallest absolute Gasteiger partial charge is 0.261 e. The van der Waals surface area contributed by atoms with Crippen LogP contribution in [0, 0.1) is 0 Å². The normalized spacial score (nSPS) is 12.7. The van der Waals surface area contributed by atoms with E-state index in [9.17, 15) is 14.4 Å². The number of hydrogen-bond acceptors (Lipinski definition) is 4. The minimum Gasteiger partial charge on any atom is -0.377 e. The lowest BCUT2D eigenvalue weighted by Gasteiger charge is -2.13. The van der Waals surface area contributed by atoms with Gasteiger partial charge >= 0.3 is 0 Å². The summed E-state index contributed by atoms with van der Waals surface area (Å²) in [7, 11) is 0. The van der Waals surface area contributed by atoms with Gasteiger partial charge in [-0.3, -0.25) is 19.3 Å². The van der Waals surface area contributed by atoms with Crippen LogP contribution in [-0.4, -0.2) is 29.2 Å². The zero-order chi connectivity index (χ0) is 22.5. The van der Waals surface area contributed by atoms with Gasteiger partial charge in [0.2, 0.25) is 0 Å². The van der Waals surface area contributed by atoms with Crippen LogP contribution in [0.2, 0.25) is 0 Å². The second-order valence-corrected chi connectivity index (χ2v) is 7.53. The zero-order valence-corrected chi connectivity index (χ0v) is 17.8. The van der Waals surface area contributed by atoms with Crippen LogP contribution >= 0.6 is 0 Å². The van der Waals surface area contributed by atoms with Crippen molar-refractivity contribution in [1.82, 2.24) is 10.2 Å². The van der Waals surface area contributed by atoms with Crippen molar-refractivity contribution in [3.05, 3.63) is 106 Å². The van der Waals surface area contributed by atoms with Crippen LogP contribution in [0.4, 0.5) is 0 Å². The van der Waals surface area contributed by atoms with Gasteiger partial charge in [-0.25, -0.2) is 0 Å². The van der Waals surface area contributed by atoms with Crippen molar-refractivity contribution in [3.63, 3.8) is 0 Å². The molecule has 0 aromatic heterocycles. The quantitative estimate of drug-likeness (QED) is 0.551. The van der Waals surface area contributed by atoms with Gasteiger partial charge in [-0.2, -0.15) is 0 Å². The van der Waals surface area contributed by atoms with Gasteiger partial charge in [-0.15, -0.1) is 0 Å². The molecule has 1 N–H and O–H groups in total. The standard InChI is InChI=1S/C26H24N2O4/c1-2-32-17-21-11-7-6-10-20(21)15-27-24(29)19-12-13-22-23(14-19)26(31)28(25(22)30)16-18-8-4-3-5-9-18/h3-14H,2,15-17H2,1H3,(H,27,29). The van der Waals surface area contributed by atoms with Crippen molar-refractivity contribution < 1.29 is 19.1 Å². The summed E-state index contributed by atoms with van der Waals surface area (Å²) in [6, 6.07) is 21.7. The van der Waals surface area contributed by atoms with Crippen LogP contribution in [-0.2, 0) is 24.4 Å². The Hall–Kier alpha value is -3.77. The molecule has 6 nitrogen and oxygen atoms in total. The first-order chi connectivity index (χ1) is 15.6. The first kappa shape index (κ1) is 21.5. The Morgan fingerprint density at radius 2 is 1.56 bits per heavy atom. The fourth-order valence-corrected chi connectivity index (χ4v) is 3.70. The molecule has 6 heteroatoms. The minimum atomic E-state index is -0.384. The molecular weight excluding hydrogens is 404 g/mol. The maximum absolute atomic E-state index is 12.9. The molecule has 0 saturated heterocycles. The van der Waals surface area contributed by atoms with E-state index in [4.69, 9.17) is 4.74 Å². The Bertz CT molecular complexity index is 1160. The Morgan fingerprint density at radius 1 is 0.875 bits per heavy atom. The summed E-state index contributed by atoms with van der Waals surface area (Å²) < 4.78 is 5.49. The summed E-state index contributed by atoms with van der Waals surface area (Å²) in [6.45, 7) is 3.57. The second kappa shape index (κ2) is 9.58. The topological polar surface area (TPSA) is 75.7 Å². The molecule has 4 rings (SSSR count). The molecule has 3 amide bonds. The summed E-state index contributed by atoms with van der Waals surface area (Å²) in [5, 5.41) is 2.90. The molecule has 0 aliphatic carbocycles. The zero-order valence-electron chi connectivity index (χ0n) is 17.8. The van der Waals surface area contributed by atoms with Gasteiger partial charge < -0.3 is 10.1 Å². The van der Waals surface area contributed by atoms with Gasteiger partial charge in [0.25, 0.3) is 17.7 Å². The van der Waals surface area contributed by atoms with E-state index in [2.05, 4.69) is 5.32 Å². The monoisotopic (exact) mass is 428 g/mol. The van der Waals surface area contributed by atoms with E-state index < -0.39 is 0 Å². The predicted molar refractivity (Wildman–Crippen MR) is 120 cm³/mol. The number of hydrogen-bond donors (Lipinski definition) is 1. The molecule has 3 aromatic carbocycles. The molecule has 3 aromatic rings. The van der Waals surface area contributed by atoms with Gasteiger partial charge in [0.1, 0.15) is 0 Å². The van der Waals surface area contributed by atoms with Crippen molar-refractivity contribution in [2.24, 2.45) is 0 Å². The summed E-state index contributed by atoms with van der Waals surface area (Å²) in [5.74, 6) is -1.03. The van der Waals surface area contributed by atoms with Gasteiger partial charge in [-0.05, 0) is 41.8 Å². The number of carbonyl (C=O) groups is 3. The number of carbonyl (C=O) groups excluding carboxylic acids is 3. The van der Waals surface area contributed by atoms with Crippen molar-refractivity contribution in [2.45, 2.75) is 26.6 Å². The van der Waals surface area contributed by atoms with E-state index >= 15 is 0 Å². The van der Waals surface area contributed by atoms with Crippen molar-refractivity contribution in [2.75, 3.05) is 6.61 Å². The Kier molecular flexibility index (Phi) is 6.42. The number of rotatable bonds is 8. The lowest BCUT2D eigenvalue weighted by molar-refractivity contribution is 0.0642. The van der Waals surface area contributed by atoms with E-state index in [1.807, 2.05) is 61.5 Å². The average molecular weight is 428 g/mol. The minimum absolute atomic E-state index is 0.200. The first-order valence-corrected chi connectivity index (χ1v) is 10.6. The number of fused-ring (bicyclic) bond motifs is 1. The molecule has 1 aliphatic rings. The Morgan fingerprint density at radius 3 is 2.31 bits per heavy atom. The van der Waals surface area contributed by atoms with Crippen molar-refractivity contribution in [1.29, 1.82) is 0 Å². The summed E-state index contributed by atoms with van der Waals surface area (Å²) in [5.41, 5.74) is 3.77. The third-order valence-corrected chi connectivity index (χ3v) is 5.44. The molecule has 1 heterocycles. The van der Waals surface area contributed by atoms with Crippen molar-refractivity contribution in [3.8, 4) is 0 Å². The number of benzene rings is 3. The van der Waals surface area contributed by atoms with Gasteiger partial charge in [0.05, 0.1) is 24.3 Å². The third-order valence-electron chi connectivity index (χ3n) is 5.44. The molecule has 1 aliphatic heterocycles. The fourth-order valence-electron chi connectivity index (χ4n) is 3.70. The average Bonchev–Trinajstić information content (AvgIpc) is 3.06. The number of amides is 3. The van der Waals surface area contributed by atoms with Gasteiger partial charge in [-0.1, -0.05) is 54.6 Å². The van der Waals surface area contributed by atoms with Crippen LogP contribution in [0.5, 0.6) is 0 Å². The van der Waals surface area contributed by atoms with Crippen LogP contribution < -0.4 is 5.32 Å². The highest BCUT2D eigenvalue weighted by Gasteiger charge is 2.35. The van der Waals surface area contributed by atoms with E-state index in [-0.39, 0.29) is 29.8 Å². The van der Waals surface area contributed by atoms with Gasteiger partial charge in [0, 0.05) is 18.7 Å².